The molecule has 328 valence electrons. The first-order valence-corrected chi connectivity index (χ1v) is 24.7. The lowest BCUT2D eigenvalue weighted by molar-refractivity contribution is -0.116. The number of benzene rings is 2. The summed E-state index contributed by atoms with van der Waals surface area (Å²) in [6.07, 6.45) is 7.86. The van der Waals surface area contributed by atoms with E-state index in [1.165, 1.54) is 61.5 Å². The largest absolute Gasteiger partial charge is 0.454 e. The van der Waals surface area contributed by atoms with Crippen molar-refractivity contribution in [2.24, 2.45) is 11.8 Å². The van der Waals surface area contributed by atoms with Crippen molar-refractivity contribution in [3.8, 4) is 0 Å². The standard InChI is InChI=1S/2C24H33NO4S/c2*1-15(2)20-7-6-8-21(16(3)17-9-10-17)22(20)12-19(26)14-30(25,28)23-11-18(13-29-23)24(4,5)27/h2*6-8,11,13,15-17,25,27H,9-10,12,14H2,1-5H3/t16-,30+;16-,30-/m00/s1. The van der Waals surface area contributed by atoms with Gasteiger partial charge in [-0.2, -0.15) is 0 Å². The molecule has 12 heteroatoms. The molecule has 2 fully saturated rings. The highest BCUT2D eigenvalue weighted by Crippen LogP contribution is 2.45. The number of aliphatic hydroxyl groups is 2. The number of rotatable bonds is 18. The number of hydrogen-bond acceptors (Lipinski definition) is 10. The van der Waals surface area contributed by atoms with E-state index >= 15 is 0 Å². The van der Waals surface area contributed by atoms with Gasteiger partial charge in [0.05, 0.1) is 35.2 Å². The van der Waals surface area contributed by atoms with Crippen LogP contribution in [0.5, 0.6) is 0 Å². The molecule has 4 N–H and O–H groups in total. The molecule has 2 aromatic carbocycles. The first-order chi connectivity index (χ1) is 27.8. The maximum atomic E-state index is 13.0. The number of carbonyl (C=O) groups excluding carboxylic acids is 2. The highest BCUT2D eigenvalue weighted by atomic mass is 32.2. The molecule has 0 aliphatic heterocycles. The maximum Gasteiger partial charge on any atom is 0.199 e. The average Bonchev–Trinajstić information content (AvgIpc) is 4.05. The molecule has 2 aliphatic carbocycles. The first kappa shape index (κ1) is 47.2. The molecule has 2 saturated carbocycles. The van der Waals surface area contributed by atoms with Gasteiger partial charge in [-0.05, 0) is 122 Å². The molecule has 10 nitrogen and oxygen atoms in total. The summed E-state index contributed by atoms with van der Waals surface area (Å²) in [4.78, 5) is 25.9. The van der Waals surface area contributed by atoms with E-state index < -0.39 is 42.2 Å². The number of carbonyl (C=O) groups is 2. The third-order valence-corrected chi connectivity index (χ3v) is 15.3. The Bertz CT molecular complexity index is 2220. The van der Waals surface area contributed by atoms with E-state index in [1.807, 2.05) is 0 Å². The fraction of sp³-hybridized carbons (Fsp3) is 0.542. The molecule has 0 spiro atoms. The van der Waals surface area contributed by atoms with Crippen molar-refractivity contribution in [1.82, 2.24) is 0 Å². The zero-order valence-electron chi connectivity index (χ0n) is 37.1. The summed E-state index contributed by atoms with van der Waals surface area (Å²) in [6, 6.07) is 15.3. The predicted molar refractivity (Wildman–Crippen MR) is 237 cm³/mol. The molecular weight excluding hydrogens is 797 g/mol. The van der Waals surface area contributed by atoms with Crippen molar-refractivity contribution >= 4 is 31.0 Å². The quantitative estimate of drug-likeness (QED) is 0.0762. The monoisotopic (exact) mass is 862 g/mol. The minimum atomic E-state index is -3.42. The van der Waals surface area contributed by atoms with Gasteiger partial charge in [0.25, 0.3) is 0 Å². The average molecular weight is 863 g/mol. The van der Waals surface area contributed by atoms with Crippen LogP contribution in [0.1, 0.15) is 163 Å². The van der Waals surface area contributed by atoms with E-state index in [0.717, 1.165) is 22.3 Å². The van der Waals surface area contributed by atoms with E-state index in [0.29, 0.717) is 34.8 Å². The molecular formula is C48H66N2O8S2. The third kappa shape index (κ3) is 11.7. The number of Topliss-reactive ketones (excluding diaryl/α,β-unsaturated/α-hetero) is 2. The topological polar surface area (TPSA) is 183 Å². The van der Waals surface area contributed by atoms with E-state index in [4.69, 9.17) is 18.4 Å². The lowest BCUT2D eigenvalue weighted by Gasteiger charge is -2.21. The Labute approximate surface area is 357 Å². The molecule has 0 unspecified atom stereocenters. The van der Waals surface area contributed by atoms with Crippen LogP contribution in [0.3, 0.4) is 0 Å². The van der Waals surface area contributed by atoms with E-state index in [9.17, 15) is 28.2 Å². The lowest BCUT2D eigenvalue weighted by Crippen LogP contribution is -2.19. The highest BCUT2D eigenvalue weighted by Gasteiger charge is 2.34. The van der Waals surface area contributed by atoms with Gasteiger partial charge in [-0.15, -0.1) is 0 Å². The van der Waals surface area contributed by atoms with Crippen LogP contribution in [0, 0.1) is 21.4 Å². The van der Waals surface area contributed by atoms with Crippen LogP contribution >= 0.6 is 0 Å². The van der Waals surface area contributed by atoms with Crippen molar-refractivity contribution < 1.29 is 37.1 Å². The first-order valence-electron chi connectivity index (χ1n) is 21.2. The van der Waals surface area contributed by atoms with Crippen molar-refractivity contribution in [2.45, 2.75) is 153 Å². The second-order valence-corrected chi connectivity index (χ2v) is 23.0. The molecule has 2 aromatic heterocycles. The summed E-state index contributed by atoms with van der Waals surface area (Å²) in [5.74, 6) is 1.44. The molecule has 0 amide bonds. The molecule has 0 bridgehead atoms. The zero-order chi connectivity index (χ0) is 44.5. The molecule has 0 saturated heterocycles. The summed E-state index contributed by atoms with van der Waals surface area (Å²) in [5.41, 5.74) is 5.32. The molecule has 2 heterocycles. The second-order valence-electron chi connectivity index (χ2n) is 18.9. The van der Waals surface area contributed by atoms with Gasteiger partial charge >= 0.3 is 0 Å². The summed E-state index contributed by atoms with van der Waals surface area (Å²) in [7, 11) is -6.83. The fourth-order valence-electron chi connectivity index (χ4n) is 8.00. The van der Waals surface area contributed by atoms with Crippen molar-refractivity contribution in [1.29, 1.82) is 9.56 Å². The minimum Gasteiger partial charge on any atom is -0.454 e. The number of nitrogens with one attached hydrogen (secondary N) is 2. The Balaban J connectivity index is 0.000000228. The predicted octanol–water partition coefficient (Wildman–Crippen LogP) is 10.7. The van der Waals surface area contributed by atoms with E-state index in [1.54, 1.807) is 27.7 Å². The van der Waals surface area contributed by atoms with Crippen molar-refractivity contribution in [3.05, 3.63) is 106 Å². The Kier molecular flexibility index (Phi) is 14.4. The van der Waals surface area contributed by atoms with E-state index in [-0.39, 0.29) is 46.4 Å². The van der Waals surface area contributed by atoms with Crippen LogP contribution in [0.2, 0.25) is 0 Å². The highest BCUT2D eigenvalue weighted by molar-refractivity contribution is 7.93. The summed E-state index contributed by atoms with van der Waals surface area (Å²) in [5, 5.41) is 20.0. The van der Waals surface area contributed by atoms with Gasteiger partial charge < -0.3 is 19.0 Å². The van der Waals surface area contributed by atoms with Crippen LogP contribution in [-0.4, -0.2) is 41.7 Å². The normalized spacial score (nSPS) is 17.7. The van der Waals surface area contributed by atoms with Gasteiger partial charge in [0.1, 0.15) is 19.5 Å². The summed E-state index contributed by atoms with van der Waals surface area (Å²) >= 11 is 0. The molecule has 6 rings (SSSR count). The number of furan rings is 2. The fourth-order valence-corrected chi connectivity index (χ4v) is 10.4. The summed E-state index contributed by atoms with van der Waals surface area (Å²) in [6.45, 7) is 19.3. The van der Waals surface area contributed by atoms with E-state index in [2.05, 4.69) is 77.9 Å². The van der Waals surface area contributed by atoms with Gasteiger partial charge in [-0.3, -0.25) is 9.59 Å². The Hall–Kier alpha value is -3.84. The second kappa shape index (κ2) is 18.2. The Morgan fingerprint density at radius 3 is 1.22 bits per heavy atom. The number of hydrogen-bond donors (Lipinski definition) is 4. The van der Waals surface area contributed by atoms with Gasteiger partial charge in [0, 0.05) is 36.1 Å². The Morgan fingerprint density at radius 1 is 0.633 bits per heavy atom. The third-order valence-electron chi connectivity index (χ3n) is 12.1. The van der Waals surface area contributed by atoms with Crippen LogP contribution < -0.4 is 0 Å². The van der Waals surface area contributed by atoms with Crippen LogP contribution in [0.4, 0.5) is 0 Å². The lowest BCUT2D eigenvalue weighted by atomic mass is 9.84. The van der Waals surface area contributed by atoms with Gasteiger partial charge in [0.2, 0.25) is 0 Å². The maximum absolute atomic E-state index is 13.0. The summed E-state index contributed by atoms with van der Waals surface area (Å²) < 4.78 is 53.0. The number of ketones is 2. The van der Waals surface area contributed by atoms with Gasteiger partial charge in [-0.25, -0.2) is 18.0 Å². The van der Waals surface area contributed by atoms with Crippen molar-refractivity contribution in [2.75, 3.05) is 11.5 Å². The molecule has 2 aliphatic rings. The SMILES string of the molecule is CC(C)c1cccc([C@@H](C)C2CC2)c1CC(=O)C[S@@](=N)(=O)c1cc(C(C)(C)O)co1.CC(C)c1cccc([C@@H](C)C2CC2)c1CC(=O)C[S@](=N)(=O)c1cc(C(C)(C)O)co1. The molecule has 4 atom stereocenters. The van der Waals surface area contributed by atoms with Crippen LogP contribution in [-0.2, 0) is 53.1 Å². The molecule has 60 heavy (non-hydrogen) atoms. The minimum absolute atomic E-state index is 0.0586. The smallest absolute Gasteiger partial charge is 0.199 e. The molecule has 4 aromatic rings. The van der Waals surface area contributed by atoms with Gasteiger partial charge in [-0.1, -0.05) is 77.9 Å². The van der Waals surface area contributed by atoms with Crippen molar-refractivity contribution in [3.63, 3.8) is 0 Å². The molecule has 0 radical (unpaired) electrons. The van der Waals surface area contributed by atoms with Crippen LogP contribution in [0.25, 0.3) is 0 Å². The van der Waals surface area contributed by atoms with Gasteiger partial charge in [0.15, 0.2) is 21.8 Å². The zero-order valence-corrected chi connectivity index (χ0v) is 38.7. The van der Waals surface area contributed by atoms with Crippen LogP contribution in [0.15, 0.2) is 80.1 Å². The Morgan fingerprint density at radius 2 is 0.950 bits per heavy atom.